The van der Waals surface area contributed by atoms with Gasteiger partial charge in [0.05, 0.1) is 31.2 Å². The van der Waals surface area contributed by atoms with Gasteiger partial charge in [-0.25, -0.2) is 4.90 Å². The van der Waals surface area contributed by atoms with E-state index >= 15 is 0 Å². The zero-order valence-corrected chi connectivity index (χ0v) is 19.5. The lowest BCUT2D eigenvalue weighted by atomic mass is 10.0. The minimum Gasteiger partial charge on any atom is -0.497 e. The van der Waals surface area contributed by atoms with Gasteiger partial charge >= 0.3 is 0 Å². The number of methoxy groups -OCH3 is 2. The number of nitrogens with zero attached hydrogens (tertiary/aromatic N) is 1. The minimum absolute atomic E-state index is 0.145. The van der Waals surface area contributed by atoms with Crippen LogP contribution in [0.15, 0.2) is 66.4 Å². The van der Waals surface area contributed by atoms with Crippen LogP contribution in [-0.2, 0) is 9.59 Å². The molecule has 4 rings (SSSR count). The highest BCUT2D eigenvalue weighted by atomic mass is 35.5. The van der Waals surface area contributed by atoms with Crippen LogP contribution in [0.2, 0.25) is 5.02 Å². The number of rotatable bonds is 6. The van der Waals surface area contributed by atoms with Crippen molar-refractivity contribution in [3.63, 3.8) is 0 Å². The van der Waals surface area contributed by atoms with Gasteiger partial charge in [0, 0.05) is 5.02 Å². The molecule has 2 amide bonds. The maximum atomic E-state index is 13.7. The fraction of sp³-hybridized carbons (Fsp3) is 0.154. The molecule has 0 fully saturated rings. The second-order valence-corrected chi connectivity index (χ2v) is 8.12. The van der Waals surface area contributed by atoms with Crippen LogP contribution in [0.3, 0.4) is 0 Å². The lowest BCUT2D eigenvalue weighted by Gasteiger charge is -2.19. The Bertz CT molecular complexity index is 1280. The number of carbonyl (C=O) groups excluding carboxylic acids is 2. The lowest BCUT2D eigenvalue weighted by molar-refractivity contribution is -0.120. The third-order valence-electron chi connectivity index (χ3n) is 5.49. The molecule has 1 aliphatic heterocycles. The third kappa shape index (κ3) is 4.17. The molecule has 0 saturated heterocycles. The Labute approximate surface area is 197 Å². The van der Waals surface area contributed by atoms with Gasteiger partial charge in [0.1, 0.15) is 17.2 Å². The zero-order chi connectivity index (χ0) is 23.7. The van der Waals surface area contributed by atoms with E-state index < -0.39 is 11.8 Å². The summed E-state index contributed by atoms with van der Waals surface area (Å²) in [5.74, 6) is 0.267. The van der Waals surface area contributed by atoms with Crippen molar-refractivity contribution < 1.29 is 19.1 Å². The highest BCUT2D eigenvalue weighted by molar-refractivity contribution is 6.46. The first-order valence-electron chi connectivity index (χ1n) is 10.3. The molecule has 0 aromatic heterocycles. The SMILES string of the molecule is COc1ccc(C2=C(Nc3cc(Cl)ccc3OC)C(=O)N(c3cc(C)ccc3C)C2=O)cc1. The van der Waals surface area contributed by atoms with E-state index in [0.29, 0.717) is 33.5 Å². The van der Waals surface area contributed by atoms with Gasteiger partial charge in [-0.05, 0) is 66.9 Å². The number of imide groups is 1. The van der Waals surface area contributed by atoms with Crippen molar-refractivity contribution in [3.05, 3.63) is 88.1 Å². The number of aryl methyl sites for hydroxylation is 2. The molecule has 0 unspecified atom stereocenters. The van der Waals surface area contributed by atoms with Crippen LogP contribution >= 0.6 is 11.6 Å². The molecule has 33 heavy (non-hydrogen) atoms. The van der Waals surface area contributed by atoms with E-state index in [1.165, 1.54) is 12.0 Å². The molecule has 6 nitrogen and oxygen atoms in total. The Morgan fingerprint density at radius 2 is 1.58 bits per heavy atom. The Balaban J connectivity index is 1.87. The molecule has 1 aliphatic rings. The Hall–Kier alpha value is -3.77. The molecule has 1 N–H and O–H groups in total. The lowest BCUT2D eigenvalue weighted by Crippen LogP contribution is -2.33. The van der Waals surface area contributed by atoms with Crippen molar-refractivity contribution in [3.8, 4) is 11.5 Å². The van der Waals surface area contributed by atoms with E-state index in [-0.39, 0.29) is 11.3 Å². The number of nitrogens with one attached hydrogen (secondary N) is 1. The highest BCUT2D eigenvalue weighted by Crippen LogP contribution is 2.38. The summed E-state index contributed by atoms with van der Waals surface area (Å²) in [6, 6.07) is 17.7. The van der Waals surface area contributed by atoms with E-state index in [1.807, 2.05) is 32.0 Å². The molecule has 0 atom stereocenters. The summed E-state index contributed by atoms with van der Waals surface area (Å²) in [6.07, 6.45) is 0. The molecule has 0 saturated carbocycles. The highest BCUT2D eigenvalue weighted by Gasteiger charge is 2.41. The molecular formula is C26H23ClN2O4. The topological polar surface area (TPSA) is 67.9 Å². The number of carbonyl (C=O) groups is 2. The van der Waals surface area contributed by atoms with E-state index in [4.69, 9.17) is 21.1 Å². The summed E-state index contributed by atoms with van der Waals surface area (Å²) >= 11 is 6.19. The van der Waals surface area contributed by atoms with Crippen molar-refractivity contribution in [2.24, 2.45) is 0 Å². The average Bonchev–Trinajstić information content (AvgIpc) is 3.05. The molecule has 3 aromatic rings. The summed E-state index contributed by atoms with van der Waals surface area (Å²) in [6.45, 7) is 3.79. The van der Waals surface area contributed by atoms with Crippen molar-refractivity contribution in [2.75, 3.05) is 24.4 Å². The first-order chi connectivity index (χ1) is 15.8. The van der Waals surface area contributed by atoms with Gasteiger partial charge in [-0.1, -0.05) is 35.9 Å². The Kier molecular flexibility index (Phi) is 6.11. The molecule has 0 spiro atoms. The normalized spacial score (nSPS) is 13.5. The van der Waals surface area contributed by atoms with Gasteiger partial charge in [-0.3, -0.25) is 9.59 Å². The second-order valence-electron chi connectivity index (χ2n) is 7.68. The quantitative estimate of drug-likeness (QED) is 0.499. The summed E-state index contributed by atoms with van der Waals surface area (Å²) in [5.41, 5.74) is 3.78. The molecule has 0 radical (unpaired) electrons. The van der Waals surface area contributed by atoms with Crippen LogP contribution in [0.1, 0.15) is 16.7 Å². The van der Waals surface area contributed by atoms with Crippen molar-refractivity contribution in [1.82, 2.24) is 0 Å². The van der Waals surface area contributed by atoms with Crippen LogP contribution in [0, 0.1) is 13.8 Å². The number of amides is 2. The van der Waals surface area contributed by atoms with Gasteiger partial charge in [0.15, 0.2) is 0 Å². The standard InChI is InChI=1S/C26H23ClN2O4/c1-15-5-6-16(2)21(13-15)29-25(30)23(17-7-10-19(32-3)11-8-17)24(26(29)31)28-20-14-18(27)9-12-22(20)33-4/h5-14,28H,1-4H3. The van der Waals surface area contributed by atoms with E-state index in [2.05, 4.69) is 5.32 Å². The summed E-state index contributed by atoms with van der Waals surface area (Å²) < 4.78 is 10.7. The van der Waals surface area contributed by atoms with Crippen LogP contribution in [0.5, 0.6) is 11.5 Å². The first-order valence-corrected chi connectivity index (χ1v) is 10.7. The molecule has 3 aromatic carbocycles. The van der Waals surface area contributed by atoms with Gasteiger partial charge in [0.25, 0.3) is 11.8 Å². The first kappa shape index (κ1) is 22.4. The molecule has 1 heterocycles. The summed E-state index contributed by atoms with van der Waals surface area (Å²) in [7, 11) is 3.09. The monoisotopic (exact) mass is 462 g/mol. The molecule has 7 heteroatoms. The number of benzene rings is 3. The van der Waals surface area contributed by atoms with Gasteiger partial charge in [-0.2, -0.15) is 0 Å². The minimum atomic E-state index is -0.457. The fourth-order valence-electron chi connectivity index (χ4n) is 3.76. The summed E-state index contributed by atoms with van der Waals surface area (Å²) in [5, 5.41) is 3.59. The van der Waals surface area contributed by atoms with Gasteiger partial charge in [-0.15, -0.1) is 0 Å². The van der Waals surface area contributed by atoms with E-state index in [9.17, 15) is 9.59 Å². The number of hydrogen-bond donors (Lipinski definition) is 1. The van der Waals surface area contributed by atoms with E-state index in [1.54, 1.807) is 49.6 Å². The van der Waals surface area contributed by atoms with Crippen LogP contribution in [-0.4, -0.2) is 26.0 Å². The Morgan fingerprint density at radius 3 is 2.24 bits per heavy atom. The molecule has 168 valence electrons. The number of anilines is 2. The summed E-state index contributed by atoms with van der Waals surface area (Å²) in [4.78, 5) is 28.5. The largest absolute Gasteiger partial charge is 0.497 e. The Morgan fingerprint density at radius 1 is 0.848 bits per heavy atom. The smallest absolute Gasteiger partial charge is 0.282 e. The molecule has 0 bridgehead atoms. The van der Waals surface area contributed by atoms with Crippen molar-refractivity contribution in [1.29, 1.82) is 0 Å². The zero-order valence-electron chi connectivity index (χ0n) is 18.7. The van der Waals surface area contributed by atoms with Gasteiger partial charge in [0.2, 0.25) is 0 Å². The van der Waals surface area contributed by atoms with Crippen LogP contribution in [0.25, 0.3) is 5.57 Å². The maximum Gasteiger partial charge on any atom is 0.282 e. The number of halogens is 1. The van der Waals surface area contributed by atoms with Crippen LogP contribution in [0.4, 0.5) is 11.4 Å². The molecule has 0 aliphatic carbocycles. The number of hydrogen-bond acceptors (Lipinski definition) is 5. The third-order valence-corrected chi connectivity index (χ3v) is 5.72. The van der Waals surface area contributed by atoms with Crippen molar-refractivity contribution >= 4 is 40.4 Å². The van der Waals surface area contributed by atoms with E-state index in [0.717, 1.165) is 11.1 Å². The van der Waals surface area contributed by atoms with Crippen LogP contribution < -0.4 is 19.7 Å². The molecular weight excluding hydrogens is 440 g/mol. The second kappa shape index (κ2) is 9.00. The fourth-order valence-corrected chi connectivity index (χ4v) is 3.93. The number of ether oxygens (including phenoxy) is 2. The predicted molar refractivity (Wildman–Crippen MR) is 130 cm³/mol. The van der Waals surface area contributed by atoms with Crippen molar-refractivity contribution in [2.45, 2.75) is 13.8 Å². The predicted octanol–water partition coefficient (Wildman–Crippen LogP) is 5.37. The van der Waals surface area contributed by atoms with Gasteiger partial charge < -0.3 is 14.8 Å². The maximum absolute atomic E-state index is 13.7. The average molecular weight is 463 g/mol.